The topological polar surface area (TPSA) is 60.2 Å². The van der Waals surface area contributed by atoms with E-state index in [0.29, 0.717) is 25.0 Å². The lowest BCUT2D eigenvalue weighted by atomic mass is 10.0. The molecule has 0 spiro atoms. The smallest absolute Gasteiger partial charge is 0.254 e. The molecule has 1 aliphatic heterocycles. The van der Waals surface area contributed by atoms with Crippen molar-refractivity contribution in [1.29, 1.82) is 5.26 Å². The highest BCUT2D eigenvalue weighted by molar-refractivity contribution is 6.06. The fourth-order valence-electron chi connectivity index (χ4n) is 4.07. The number of carbonyl (C=O) groups is 1. The van der Waals surface area contributed by atoms with Gasteiger partial charge in [-0.05, 0) is 37.8 Å². The van der Waals surface area contributed by atoms with Gasteiger partial charge in [-0.3, -0.25) is 14.7 Å². The number of benzene rings is 1. The number of hydrogen-bond donors (Lipinski definition) is 0. The van der Waals surface area contributed by atoms with Gasteiger partial charge in [-0.2, -0.15) is 5.26 Å². The summed E-state index contributed by atoms with van der Waals surface area (Å²) in [5, 5.41) is 10.5. The summed E-state index contributed by atoms with van der Waals surface area (Å²) >= 11 is 0. The third kappa shape index (κ3) is 2.75. The molecule has 1 aromatic heterocycles. The molecule has 1 atom stereocenters. The monoisotopic (exact) mass is 346 g/mol. The quantitative estimate of drug-likeness (QED) is 0.857. The Hall–Kier alpha value is -2.45. The van der Waals surface area contributed by atoms with Crippen molar-refractivity contribution in [1.82, 2.24) is 14.8 Å². The average Bonchev–Trinajstić information content (AvgIpc) is 3.58. The minimum atomic E-state index is -0.184. The molecule has 5 heteroatoms. The molecule has 2 aromatic rings. The maximum atomic E-state index is 13.3. The van der Waals surface area contributed by atoms with Gasteiger partial charge in [-0.15, -0.1) is 0 Å². The Balaban J connectivity index is 1.47. The summed E-state index contributed by atoms with van der Waals surface area (Å²) in [5.41, 5.74) is 2.68. The minimum Gasteiger partial charge on any atom is -0.335 e. The van der Waals surface area contributed by atoms with Crippen LogP contribution in [0.4, 0.5) is 0 Å². The van der Waals surface area contributed by atoms with Crippen molar-refractivity contribution in [3.05, 3.63) is 41.6 Å². The second-order valence-electron chi connectivity index (χ2n) is 7.75. The first-order valence-electron chi connectivity index (χ1n) is 9.59. The van der Waals surface area contributed by atoms with Crippen molar-refractivity contribution in [3.8, 4) is 6.07 Å². The summed E-state index contributed by atoms with van der Waals surface area (Å²) in [6.07, 6.45) is 4.70. The molecule has 132 valence electrons. The van der Waals surface area contributed by atoms with Gasteiger partial charge >= 0.3 is 0 Å². The average molecular weight is 346 g/mol. The molecule has 3 fully saturated rings. The SMILES string of the molecule is N#CC1CN(C(=O)c2cc(C3CC3)nc3ccccc23)CCN1C1CC1. The maximum absolute atomic E-state index is 13.3. The van der Waals surface area contributed by atoms with Gasteiger partial charge in [0.15, 0.2) is 0 Å². The Morgan fingerprint density at radius 2 is 1.96 bits per heavy atom. The number of amides is 1. The third-order valence-corrected chi connectivity index (χ3v) is 5.84. The summed E-state index contributed by atoms with van der Waals surface area (Å²) < 4.78 is 0. The predicted octanol–water partition coefficient (Wildman–Crippen LogP) is 2.92. The number of piperazine rings is 1. The van der Waals surface area contributed by atoms with Gasteiger partial charge in [0.2, 0.25) is 0 Å². The number of carbonyl (C=O) groups excluding carboxylic acids is 1. The molecular weight excluding hydrogens is 324 g/mol. The fraction of sp³-hybridized carbons (Fsp3) is 0.476. The van der Waals surface area contributed by atoms with Crippen molar-refractivity contribution in [2.75, 3.05) is 19.6 Å². The number of nitrogens with zero attached hydrogens (tertiary/aromatic N) is 4. The van der Waals surface area contributed by atoms with Crippen LogP contribution in [0.25, 0.3) is 10.9 Å². The molecule has 5 nitrogen and oxygen atoms in total. The zero-order valence-electron chi connectivity index (χ0n) is 14.8. The van der Waals surface area contributed by atoms with Crippen LogP contribution in [0.5, 0.6) is 0 Å². The van der Waals surface area contributed by atoms with Crippen LogP contribution in [0.1, 0.15) is 47.7 Å². The second kappa shape index (κ2) is 6.07. The van der Waals surface area contributed by atoms with Gasteiger partial charge in [0.05, 0.1) is 17.1 Å². The van der Waals surface area contributed by atoms with Gasteiger partial charge in [-0.1, -0.05) is 18.2 Å². The van der Waals surface area contributed by atoms with E-state index in [1.165, 1.54) is 12.8 Å². The molecule has 2 saturated carbocycles. The van der Waals surface area contributed by atoms with Gasteiger partial charge < -0.3 is 4.90 Å². The predicted molar refractivity (Wildman–Crippen MR) is 98.8 cm³/mol. The van der Waals surface area contributed by atoms with E-state index in [-0.39, 0.29) is 11.9 Å². The molecule has 2 heterocycles. The molecule has 26 heavy (non-hydrogen) atoms. The second-order valence-corrected chi connectivity index (χ2v) is 7.75. The van der Waals surface area contributed by atoms with Crippen molar-refractivity contribution in [3.63, 3.8) is 0 Å². The molecule has 3 aliphatic rings. The van der Waals surface area contributed by atoms with E-state index in [2.05, 4.69) is 11.0 Å². The Morgan fingerprint density at radius 3 is 2.69 bits per heavy atom. The first-order chi connectivity index (χ1) is 12.7. The van der Waals surface area contributed by atoms with Crippen LogP contribution in [-0.2, 0) is 0 Å². The van der Waals surface area contributed by atoms with Crippen LogP contribution >= 0.6 is 0 Å². The van der Waals surface area contributed by atoms with Gasteiger partial charge in [0.1, 0.15) is 6.04 Å². The Bertz CT molecular complexity index is 910. The third-order valence-electron chi connectivity index (χ3n) is 5.84. The van der Waals surface area contributed by atoms with Gasteiger partial charge in [0.25, 0.3) is 5.91 Å². The maximum Gasteiger partial charge on any atom is 0.254 e. The molecule has 0 bridgehead atoms. The number of hydrogen-bond acceptors (Lipinski definition) is 4. The molecule has 2 aliphatic carbocycles. The molecule has 1 unspecified atom stereocenters. The Morgan fingerprint density at radius 1 is 1.15 bits per heavy atom. The van der Waals surface area contributed by atoms with Gasteiger partial charge in [0, 0.05) is 42.7 Å². The summed E-state index contributed by atoms with van der Waals surface area (Å²) in [7, 11) is 0. The van der Waals surface area contributed by atoms with Crippen LogP contribution in [0.15, 0.2) is 30.3 Å². The van der Waals surface area contributed by atoms with E-state index in [1.54, 1.807) is 0 Å². The molecule has 0 radical (unpaired) electrons. The number of fused-ring (bicyclic) bond motifs is 1. The highest BCUT2D eigenvalue weighted by atomic mass is 16.2. The van der Waals surface area contributed by atoms with Crippen molar-refractivity contribution >= 4 is 16.8 Å². The standard InChI is InChI=1S/C21H22N4O/c22-12-16-13-24(9-10-25(16)15-7-8-15)21(26)18-11-20(14-5-6-14)23-19-4-2-1-3-17(18)19/h1-4,11,14-16H,5-10,13H2. The number of nitriles is 1. The molecule has 5 rings (SSSR count). The van der Waals surface area contributed by atoms with E-state index < -0.39 is 0 Å². The molecule has 0 N–H and O–H groups in total. The van der Waals surface area contributed by atoms with Crippen molar-refractivity contribution in [2.24, 2.45) is 0 Å². The first kappa shape index (κ1) is 15.8. The Labute approximate surface area is 153 Å². The zero-order chi connectivity index (χ0) is 17.7. The van der Waals surface area contributed by atoms with E-state index in [0.717, 1.165) is 41.5 Å². The lowest BCUT2D eigenvalue weighted by Crippen LogP contribution is -2.54. The number of para-hydroxylation sites is 1. The number of aromatic nitrogens is 1. The van der Waals surface area contributed by atoms with Crippen molar-refractivity contribution < 1.29 is 4.79 Å². The van der Waals surface area contributed by atoms with E-state index in [1.807, 2.05) is 35.2 Å². The van der Waals surface area contributed by atoms with Crippen LogP contribution in [0.3, 0.4) is 0 Å². The molecule has 1 aromatic carbocycles. The van der Waals surface area contributed by atoms with Crippen LogP contribution < -0.4 is 0 Å². The highest BCUT2D eigenvalue weighted by Gasteiger charge is 2.39. The number of pyridine rings is 1. The Kier molecular flexibility index (Phi) is 3.68. The fourth-order valence-corrected chi connectivity index (χ4v) is 4.07. The minimum absolute atomic E-state index is 0.0428. The summed E-state index contributed by atoms with van der Waals surface area (Å²) in [6, 6.07) is 12.7. The lowest BCUT2D eigenvalue weighted by Gasteiger charge is -2.38. The summed E-state index contributed by atoms with van der Waals surface area (Å²) in [4.78, 5) is 22.2. The first-order valence-corrected chi connectivity index (χ1v) is 9.59. The summed E-state index contributed by atoms with van der Waals surface area (Å²) in [6.45, 7) is 2.00. The zero-order valence-corrected chi connectivity index (χ0v) is 14.8. The lowest BCUT2D eigenvalue weighted by molar-refractivity contribution is 0.0552. The van der Waals surface area contributed by atoms with E-state index in [4.69, 9.17) is 4.98 Å². The van der Waals surface area contributed by atoms with Crippen LogP contribution in [0.2, 0.25) is 0 Å². The van der Waals surface area contributed by atoms with E-state index in [9.17, 15) is 10.1 Å². The molecule has 1 saturated heterocycles. The van der Waals surface area contributed by atoms with E-state index >= 15 is 0 Å². The van der Waals surface area contributed by atoms with Crippen LogP contribution in [-0.4, -0.2) is 52.4 Å². The summed E-state index contributed by atoms with van der Waals surface area (Å²) in [5.74, 6) is 0.547. The number of rotatable bonds is 3. The highest BCUT2D eigenvalue weighted by Crippen LogP contribution is 2.40. The largest absolute Gasteiger partial charge is 0.335 e. The normalized spacial score (nSPS) is 23.8. The van der Waals surface area contributed by atoms with Gasteiger partial charge in [-0.25, -0.2) is 0 Å². The van der Waals surface area contributed by atoms with Crippen LogP contribution in [0, 0.1) is 11.3 Å². The molecular formula is C21H22N4O. The van der Waals surface area contributed by atoms with Crippen molar-refractivity contribution in [2.45, 2.75) is 43.7 Å². The molecule has 1 amide bonds.